The smallest absolute Gasteiger partial charge is 0.134 e. The van der Waals surface area contributed by atoms with Gasteiger partial charge in [0.1, 0.15) is 17.5 Å². The standard InChI is InChI=1S/C15H26N4O/c1-4-7-12-17-13(16-2)10-14(18-12)19(3)11-15(20)8-5-6-9-15/h10,20H,4-9,11H2,1-3H3,(H,16,17,18). The molecule has 112 valence electrons. The first-order chi connectivity index (χ1) is 9.56. The molecule has 1 fully saturated rings. The van der Waals surface area contributed by atoms with Crippen LogP contribution in [-0.2, 0) is 6.42 Å². The highest BCUT2D eigenvalue weighted by Crippen LogP contribution is 2.31. The SMILES string of the molecule is CCCc1nc(NC)cc(N(C)CC2(O)CCCC2)n1. The number of aliphatic hydroxyl groups is 1. The molecular weight excluding hydrogens is 252 g/mol. The van der Waals surface area contributed by atoms with Crippen LogP contribution in [0.5, 0.6) is 0 Å². The number of nitrogens with one attached hydrogen (secondary N) is 1. The summed E-state index contributed by atoms with van der Waals surface area (Å²) in [4.78, 5) is 11.1. The molecule has 0 bridgehead atoms. The first kappa shape index (κ1) is 15.0. The molecule has 0 amide bonds. The van der Waals surface area contributed by atoms with Crippen LogP contribution in [0.2, 0.25) is 0 Å². The van der Waals surface area contributed by atoms with Gasteiger partial charge in [-0.25, -0.2) is 9.97 Å². The van der Waals surface area contributed by atoms with Gasteiger partial charge in [0.05, 0.1) is 5.60 Å². The summed E-state index contributed by atoms with van der Waals surface area (Å²) in [5.41, 5.74) is -0.551. The molecule has 2 N–H and O–H groups in total. The van der Waals surface area contributed by atoms with E-state index in [4.69, 9.17) is 0 Å². The molecule has 1 aliphatic carbocycles. The van der Waals surface area contributed by atoms with E-state index in [1.807, 2.05) is 25.1 Å². The summed E-state index contributed by atoms with van der Waals surface area (Å²) < 4.78 is 0. The third kappa shape index (κ3) is 3.60. The van der Waals surface area contributed by atoms with E-state index >= 15 is 0 Å². The highest BCUT2D eigenvalue weighted by Gasteiger charge is 2.32. The Labute approximate surface area is 121 Å². The highest BCUT2D eigenvalue weighted by molar-refractivity contribution is 5.49. The lowest BCUT2D eigenvalue weighted by molar-refractivity contribution is 0.0558. The third-order valence-electron chi connectivity index (χ3n) is 3.95. The molecule has 0 atom stereocenters. The summed E-state index contributed by atoms with van der Waals surface area (Å²) in [5, 5.41) is 13.6. The molecule has 1 aliphatic rings. The maximum atomic E-state index is 10.5. The number of aryl methyl sites for hydroxylation is 1. The second kappa shape index (κ2) is 6.39. The number of anilines is 2. The van der Waals surface area contributed by atoms with Gasteiger partial charge in [-0.2, -0.15) is 0 Å². The van der Waals surface area contributed by atoms with Gasteiger partial charge >= 0.3 is 0 Å². The van der Waals surface area contributed by atoms with E-state index in [1.54, 1.807) is 0 Å². The van der Waals surface area contributed by atoms with E-state index in [1.165, 1.54) is 0 Å². The van der Waals surface area contributed by atoms with E-state index in [0.29, 0.717) is 6.54 Å². The van der Waals surface area contributed by atoms with Gasteiger partial charge in [-0.3, -0.25) is 0 Å². The summed E-state index contributed by atoms with van der Waals surface area (Å²) in [6, 6.07) is 1.94. The predicted molar refractivity (Wildman–Crippen MR) is 82.3 cm³/mol. The Morgan fingerprint density at radius 1 is 1.35 bits per heavy atom. The molecule has 20 heavy (non-hydrogen) atoms. The minimum atomic E-state index is -0.551. The van der Waals surface area contributed by atoms with Crippen molar-refractivity contribution in [3.05, 3.63) is 11.9 Å². The zero-order chi connectivity index (χ0) is 14.6. The van der Waals surface area contributed by atoms with Crippen molar-refractivity contribution in [1.29, 1.82) is 0 Å². The average molecular weight is 278 g/mol. The molecule has 2 rings (SSSR count). The molecule has 5 nitrogen and oxygen atoms in total. The number of hydrogen-bond acceptors (Lipinski definition) is 5. The molecule has 0 radical (unpaired) electrons. The minimum Gasteiger partial charge on any atom is -0.388 e. The van der Waals surface area contributed by atoms with Crippen LogP contribution in [0.4, 0.5) is 11.6 Å². The van der Waals surface area contributed by atoms with E-state index < -0.39 is 5.60 Å². The number of rotatable bonds is 6. The summed E-state index contributed by atoms with van der Waals surface area (Å²) in [6.45, 7) is 2.76. The fraction of sp³-hybridized carbons (Fsp3) is 0.733. The molecule has 1 aromatic heterocycles. The largest absolute Gasteiger partial charge is 0.388 e. The molecule has 0 saturated heterocycles. The van der Waals surface area contributed by atoms with Crippen molar-refractivity contribution in [3.63, 3.8) is 0 Å². The molecule has 1 saturated carbocycles. The van der Waals surface area contributed by atoms with Crippen molar-refractivity contribution in [2.45, 2.75) is 51.0 Å². The van der Waals surface area contributed by atoms with E-state index in [2.05, 4.69) is 22.2 Å². The van der Waals surface area contributed by atoms with Gasteiger partial charge < -0.3 is 15.3 Å². The van der Waals surface area contributed by atoms with Gasteiger partial charge in [0, 0.05) is 33.1 Å². The summed E-state index contributed by atoms with van der Waals surface area (Å²) in [5.74, 6) is 2.58. The molecule has 0 aromatic carbocycles. The van der Waals surface area contributed by atoms with Crippen LogP contribution in [0.25, 0.3) is 0 Å². The molecule has 1 heterocycles. The van der Waals surface area contributed by atoms with Crippen molar-refractivity contribution < 1.29 is 5.11 Å². The number of aromatic nitrogens is 2. The van der Waals surface area contributed by atoms with Crippen LogP contribution in [0.3, 0.4) is 0 Å². The van der Waals surface area contributed by atoms with Gasteiger partial charge in [-0.05, 0) is 19.3 Å². The quantitative estimate of drug-likeness (QED) is 0.835. The monoisotopic (exact) mass is 278 g/mol. The zero-order valence-electron chi connectivity index (χ0n) is 12.8. The maximum absolute atomic E-state index is 10.5. The Kier molecular flexibility index (Phi) is 4.81. The first-order valence-electron chi connectivity index (χ1n) is 7.55. The van der Waals surface area contributed by atoms with Crippen LogP contribution >= 0.6 is 0 Å². The van der Waals surface area contributed by atoms with Gasteiger partial charge in [0.25, 0.3) is 0 Å². The number of likely N-dealkylation sites (N-methyl/N-ethyl adjacent to an activating group) is 1. The molecule has 0 spiro atoms. The molecular formula is C15H26N4O. The Morgan fingerprint density at radius 2 is 2.05 bits per heavy atom. The first-order valence-corrected chi connectivity index (χ1v) is 7.55. The van der Waals surface area contributed by atoms with Gasteiger partial charge in [-0.1, -0.05) is 19.8 Å². The highest BCUT2D eigenvalue weighted by atomic mass is 16.3. The summed E-state index contributed by atoms with van der Waals surface area (Å²) in [7, 11) is 3.86. The number of hydrogen-bond donors (Lipinski definition) is 2. The zero-order valence-corrected chi connectivity index (χ0v) is 12.8. The van der Waals surface area contributed by atoms with Crippen LogP contribution < -0.4 is 10.2 Å². The van der Waals surface area contributed by atoms with Crippen molar-refractivity contribution >= 4 is 11.6 Å². The van der Waals surface area contributed by atoms with E-state index in [0.717, 1.165) is 56.0 Å². The summed E-state index contributed by atoms with van der Waals surface area (Å²) in [6.07, 6.45) is 5.93. The Hall–Kier alpha value is -1.36. The summed E-state index contributed by atoms with van der Waals surface area (Å²) >= 11 is 0. The molecule has 0 aliphatic heterocycles. The fourth-order valence-corrected chi connectivity index (χ4v) is 2.86. The average Bonchev–Trinajstić information content (AvgIpc) is 2.85. The maximum Gasteiger partial charge on any atom is 0.134 e. The van der Waals surface area contributed by atoms with E-state index in [9.17, 15) is 5.11 Å². The Balaban J connectivity index is 2.15. The number of nitrogens with zero attached hydrogens (tertiary/aromatic N) is 3. The van der Waals surface area contributed by atoms with Crippen molar-refractivity contribution in [3.8, 4) is 0 Å². The van der Waals surface area contributed by atoms with Crippen LogP contribution in [-0.4, -0.2) is 41.3 Å². The molecule has 0 unspecified atom stereocenters. The topological polar surface area (TPSA) is 61.3 Å². The minimum absolute atomic E-state index is 0.551. The lowest BCUT2D eigenvalue weighted by Gasteiger charge is -2.29. The Bertz CT molecular complexity index is 443. The van der Waals surface area contributed by atoms with Crippen molar-refractivity contribution in [2.75, 3.05) is 30.9 Å². The van der Waals surface area contributed by atoms with Gasteiger partial charge in [0.15, 0.2) is 0 Å². The molecule has 1 aromatic rings. The normalized spacial score (nSPS) is 17.2. The van der Waals surface area contributed by atoms with Gasteiger partial charge in [-0.15, -0.1) is 0 Å². The lowest BCUT2D eigenvalue weighted by atomic mass is 10.0. The van der Waals surface area contributed by atoms with Crippen LogP contribution in [0, 0.1) is 0 Å². The lowest BCUT2D eigenvalue weighted by Crippen LogP contribution is -2.39. The van der Waals surface area contributed by atoms with Gasteiger partial charge in [0.2, 0.25) is 0 Å². The van der Waals surface area contributed by atoms with Crippen LogP contribution in [0.15, 0.2) is 6.07 Å². The van der Waals surface area contributed by atoms with E-state index in [-0.39, 0.29) is 0 Å². The van der Waals surface area contributed by atoms with Crippen molar-refractivity contribution in [1.82, 2.24) is 9.97 Å². The third-order valence-corrected chi connectivity index (χ3v) is 3.95. The Morgan fingerprint density at radius 3 is 2.65 bits per heavy atom. The van der Waals surface area contributed by atoms with Crippen molar-refractivity contribution in [2.24, 2.45) is 0 Å². The second-order valence-corrected chi connectivity index (χ2v) is 5.82. The second-order valence-electron chi connectivity index (χ2n) is 5.82. The fourth-order valence-electron chi connectivity index (χ4n) is 2.86. The van der Waals surface area contributed by atoms with Crippen LogP contribution in [0.1, 0.15) is 44.9 Å². The molecule has 5 heteroatoms. The predicted octanol–water partition coefficient (Wildman–Crippen LogP) is 2.21.